The molecule has 0 spiro atoms. The maximum atomic E-state index is 12.1. The summed E-state index contributed by atoms with van der Waals surface area (Å²) in [5.41, 5.74) is 0. The summed E-state index contributed by atoms with van der Waals surface area (Å²) in [6, 6.07) is 0.503. The van der Waals surface area contributed by atoms with E-state index in [9.17, 15) is 4.79 Å². The van der Waals surface area contributed by atoms with Crippen LogP contribution in [0.1, 0.15) is 45.4 Å². The quantitative estimate of drug-likeness (QED) is 0.722. The molecule has 2 aliphatic rings. The SMILES string of the molecule is CCCCCC(=O)N1CCNCC1C1CC1. The molecule has 1 saturated carbocycles. The highest BCUT2D eigenvalue weighted by Crippen LogP contribution is 2.36. The summed E-state index contributed by atoms with van der Waals surface area (Å²) < 4.78 is 0. The van der Waals surface area contributed by atoms with E-state index >= 15 is 0 Å². The average Bonchev–Trinajstić information content (AvgIpc) is 3.13. The molecule has 2 fully saturated rings. The van der Waals surface area contributed by atoms with Gasteiger partial charge in [0.15, 0.2) is 0 Å². The number of carbonyl (C=O) groups is 1. The van der Waals surface area contributed by atoms with E-state index in [0.29, 0.717) is 11.9 Å². The maximum absolute atomic E-state index is 12.1. The lowest BCUT2D eigenvalue weighted by Crippen LogP contribution is -2.54. The van der Waals surface area contributed by atoms with Crippen molar-refractivity contribution in [3.05, 3.63) is 0 Å². The predicted octanol–water partition coefficient (Wildman–Crippen LogP) is 1.78. The molecule has 0 aromatic heterocycles. The largest absolute Gasteiger partial charge is 0.337 e. The molecule has 1 heterocycles. The Morgan fingerprint density at radius 3 is 2.88 bits per heavy atom. The van der Waals surface area contributed by atoms with Crippen LogP contribution in [-0.4, -0.2) is 36.5 Å². The van der Waals surface area contributed by atoms with Gasteiger partial charge in [-0.05, 0) is 25.2 Å². The van der Waals surface area contributed by atoms with E-state index in [4.69, 9.17) is 0 Å². The van der Waals surface area contributed by atoms with Crippen LogP contribution in [0.3, 0.4) is 0 Å². The van der Waals surface area contributed by atoms with Crippen molar-refractivity contribution in [3.8, 4) is 0 Å². The third-order valence-corrected chi connectivity index (χ3v) is 3.76. The zero-order valence-corrected chi connectivity index (χ0v) is 10.4. The second kappa shape index (κ2) is 5.67. The van der Waals surface area contributed by atoms with E-state index < -0.39 is 0 Å². The summed E-state index contributed by atoms with van der Waals surface area (Å²) in [5.74, 6) is 1.19. The fraction of sp³-hybridized carbons (Fsp3) is 0.923. The predicted molar refractivity (Wildman–Crippen MR) is 65.2 cm³/mol. The number of hydrogen-bond donors (Lipinski definition) is 1. The van der Waals surface area contributed by atoms with Crippen LogP contribution >= 0.6 is 0 Å². The van der Waals surface area contributed by atoms with Gasteiger partial charge in [0.2, 0.25) is 5.91 Å². The summed E-state index contributed by atoms with van der Waals surface area (Å²) in [6.07, 6.45) is 6.86. The lowest BCUT2D eigenvalue weighted by molar-refractivity contribution is -0.135. The van der Waals surface area contributed by atoms with Crippen molar-refractivity contribution in [1.29, 1.82) is 0 Å². The van der Waals surface area contributed by atoms with Gasteiger partial charge in [0.25, 0.3) is 0 Å². The van der Waals surface area contributed by atoms with Gasteiger partial charge in [0.1, 0.15) is 0 Å². The molecule has 92 valence electrons. The standard InChI is InChI=1S/C13H24N2O/c1-2-3-4-5-13(16)15-9-8-14-10-12(15)11-6-7-11/h11-12,14H,2-10H2,1H3. The number of amides is 1. The molecule has 3 nitrogen and oxygen atoms in total. The van der Waals surface area contributed by atoms with E-state index in [2.05, 4.69) is 17.1 Å². The van der Waals surface area contributed by atoms with Crippen LogP contribution in [-0.2, 0) is 4.79 Å². The first-order chi connectivity index (χ1) is 7.83. The van der Waals surface area contributed by atoms with Gasteiger partial charge in [0, 0.05) is 32.1 Å². The van der Waals surface area contributed by atoms with Crippen molar-refractivity contribution in [2.45, 2.75) is 51.5 Å². The van der Waals surface area contributed by atoms with Crippen LogP contribution in [0.25, 0.3) is 0 Å². The van der Waals surface area contributed by atoms with E-state index in [1.807, 2.05) is 0 Å². The van der Waals surface area contributed by atoms with Crippen LogP contribution in [0.4, 0.5) is 0 Å². The zero-order chi connectivity index (χ0) is 11.4. The molecule has 3 heteroatoms. The Kier molecular flexibility index (Phi) is 4.22. The number of unbranched alkanes of at least 4 members (excludes halogenated alkanes) is 2. The molecule has 1 saturated heterocycles. The van der Waals surface area contributed by atoms with Crippen molar-refractivity contribution in [2.24, 2.45) is 5.92 Å². The van der Waals surface area contributed by atoms with Gasteiger partial charge in [-0.1, -0.05) is 19.8 Å². The van der Waals surface area contributed by atoms with Crippen LogP contribution in [0, 0.1) is 5.92 Å². The molecule has 0 aromatic rings. The Labute approximate surface area is 98.6 Å². The first-order valence-corrected chi connectivity index (χ1v) is 6.83. The first-order valence-electron chi connectivity index (χ1n) is 6.83. The number of nitrogens with one attached hydrogen (secondary N) is 1. The summed E-state index contributed by atoms with van der Waals surface area (Å²) in [4.78, 5) is 14.3. The van der Waals surface area contributed by atoms with Gasteiger partial charge in [-0.15, -0.1) is 0 Å². The molecule has 1 atom stereocenters. The van der Waals surface area contributed by atoms with E-state index in [1.54, 1.807) is 0 Å². The van der Waals surface area contributed by atoms with Gasteiger partial charge in [-0.3, -0.25) is 4.79 Å². The van der Waals surface area contributed by atoms with Crippen molar-refractivity contribution < 1.29 is 4.79 Å². The fourth-order valence-electron chi connectivity index (χ4n) is 2.61. The van der Waals surface area contributed by atoms with Crippen molar-refractivity contribution in [1.82, 2.24) is 10.2 Å². The van der Waals surface area contributed by atoms with Crippen molar-refractivity contribution >= 4 is 5.91 Å². The minimum Gasteiger partial charge on any atom is -0.337 e. The Hall–Kier alpha value is -0.570. The maximum Gasteiger partial charge on any atom is 0.222 e. The summed E-state index contributed by atoms with van der Waals surface area (Å²) in [5, 5.41) is 3.41. The van der Waals surface area contributed by atoms with Crippen LogP contribution in [0.15, 0.2) is 0 Å². The molecule has 0 aromatic carbocycles. The highest BCUT2D eigenvalue weighted by atomic mass is 16.2. The third kappa shape index (κ3) is 2.97. The molecule has 1 unspecified atom stereocenters. The van der Waals surface area contributed by atoms with Gasteiger partial charge in [-0.2, -0.15) is 0 Å². The Bertz CT molecular complexity index is 238. The normalized spacial score (nSPS) is 25.8. The van der Waals surface area contributed by atoms with E-state index in [0.717, 1.165) is 38.4 Å². The summed E-state index contributed by atoms with van der Waals surface area (Å²) in [6.45, 7) is 5.10. The van der Waals surface area contributed by atoms with Crippen LogP contribution in [0.2, 0.25) is 0 Å². The molecule has 1 N–H and O–H groups in total. The Morgan fingerprint density at radius 2 is 2.19 bits per heavy atom. The van der Waals surface area contributed by atoms with E-state index in [1.165, 1.54) is 25.7 Å². The van der Waals surface area contributed by atoms with Crippen molar-refractivity contribution in [2.75, 3.05) is 19.6 Å². The molecule has 0 radical (unpaired) electrons. The zero-order valence-electron chi connectivity index (χ0n) is 10.4. The Balaban J connectivity index is 1.81. The number of piperazine rings is 1. The second-order valence-electron chi connectivity index (χ2n) is 5.15. The number of nitrogens with zero attached hydrogens (tertiary/aromatic N) is 1. The fourth-order valence-corrected chi connectivity index (χ4v) is 2.61. The lowest BCUT2D eigenvalue weighted by Gasteiger charge is -2.36. The van der Waals surface area contributed by atoms with Gasteiger partial charge in [0.05, 0.1) is 0 Å². The average molecular weight is 224 g/mol. The molecule has 2 rings (SSSR count). The molecule has 1 amide bonds. The van der Waals surface area contributed by atoms with Crippen molar-refractivity contribution in [3.63, 3.8) is 0 Å². The minimum absolute atomic E-state index is 0.395. The number of hydrogen-bond acceptors (Lipinski definition) is 2. The van der Waals surface area contributed by atoms with Gasteiger partial charge in [-0.25, -0.2) is 0 Å². The van der Waals surface area contributed by atoms with Crippen LogP contribution < -0.4 is 5.32 Å². The third-order valence-electron chi connectivity index (χ3n) is 3.76. The lowest BCUT2D eigenvalue weighted by atomic mass is 10.1. The Morgan fingerprint density at radius 1 is 1.38 bits per heavy atom. The van der Waals surface area contributed by atoms with Gasteiger partial charge >= 0.3 is 0 Å². The summed E-state index contributed by atoms with van der Waals surface area (Å²) >= 11 is 0. The molecule has 1 aliphatic heterocycles. The monoisotopic (exact) mass is 224 g/mol. The van der Waals surface area contributed by atoms with Crippen LogP contribution in [0.5, 0.6) is 0 Å². The van der Waals surface area contributed by atoms with E-state index in [-0.39, 0.29) is 0 Å². The number of carbonyl (C=O) groups excluding carboxylic acids is 1. The van der Waals surface area contributed by atoms with Gasteiger partial charge < -0.3 is 10.2 Å². The second-order valence-corrected chi connectivity index (χ2v) is 5.15. The minimum atomic E-state index is 0.395. The highest BCUT2D eigenvalue weighted by molar-refractivity contribution is 5.76. The smallest absolute Gasteiger partial charge is 0.222 e. The highest BCUT2D eigenvalue weighted by Gasteiger charge is 2.38. The molecular weight excluding hydrogens is 200 g/mol. The molecule has 1 aliphatic carbocycles. The first kappa shape index (κ1) is 11.9. The summed E-state index contributed by atoms with van der Waals surface area (Å²) in [7, 11) is 0. The molecular formula is C13H24N2O. The molecule has 0 bridgehead atoms. The topological polar surface area (TPSA) is 32.3 Å². The number of rotatable bonds is 5. The molecule has 16 heavy (non-hydrogen) atoms.